The van der Waals surface area contributed by atoms with Crippen molar-refractivity contribution in [1.29, 1.82) is 0 Å². The van der Waals surface area contributed by atoms with E-state index in [0.29, 0.717) is 17.8 Å². The summed E-state index contributed by atoms with van der Waals surface area (Å²) in [5.74, 6) is -0.0877. The first-order chi connectivity index (χ1) is 16.9. The van der Waals surface area contributed by atoms with E-state index >= 15 is 0 Å². The second kappa shape index (κ2) is 9.91. The third kappa shape index (κ3) is 4.88. The number of alkyl halides is 2. The molecule has 2 aromatic carbocycles. The Morgan fingerprint density at radius 1 is 1.14 bits per heavy atom. The van der Waals surface area contributed by atoms with Gasteiger partial charge in [0.2, 0.25) is 5.82 Å². The van der Waals surface area contributed by atoms with Crippen LogP contribution >= 0.6 is 11.6 Å². The molecule has 0 bridgehead atoms. The second-order valence-corrected chi connectivity index (χ2v) is 9.41. The molecule has 1 aliphatic carbocycles. The van der Waals surface area contributed by atoms with E-state index in [0.717, 1.165) is 31.5 Å². The van der Waals surface area contributed by atoms with Gasteiger partial charge in [0.15, 0.2) is 6.10 Å². The average Bonchev–Trinajstić information content (AvgIpc) is 3.61. The number of carboxylic acids is 1. The lowest BCUT2D eigenvalue weighted by atomic mass is 10.1. The van der Waals surface area contributed by atoms with Crippen LogP contribution in [0.2, 0.25) is 5.02 Å². The van der Waals surface area contributed by atoms with Crippen molar-refractivity contribution < 1.29 is 27.9 Å². The zero-order chi connectivity index (χ0) is 24.5. The summed E-state index contributed by atoms with van der Waals surface area (Å²) in [6, 6.07) is 11.0. The molecule has 1 N–H and O–H groups in total. The summed E-state index contributed by atoms with van der Waals surface area (Å²) in [6.07, 6.45) is 1.13. The number of ether oxygens (including phenoxy) is 1. The quantitative estimate of drug-likeness (QED) is 0.445. The van der Waals surface area contributed by atoms with Crippen LogP contribution in [0.25, 0.3) is 22.8 Å². The Balaban J connectivity index is 1.29. The van der Waals surface area contributed by atoms with Crippen molar-refractivity contribution in [3.05, 3.63) is 52.5 Å². The van der Waals surface area contributed by atoms with Gasteiger partial charge in [-0.25, -0.2) is 8.78 Å². The number of aliphatic carboxylic acids is 1. The lowest BCUT2D eigenvalue weighted by Crippen LogP contribution is -2.28. The number of carboxylic acid groups (broad SMARTS) is 1. The Labute approximate surface area is 205 Å². The van der Waals surface area contributed by atoms with Gasteiger partial charge in [0.25, 0.3) is 5.89 Å². The van der Waals surface area contributed by atoms with Gasteiger partial charge in [-0.15, -0.1) is 0 Å². The van der Waals surface area contributed by atoms with E-state index in [9.17, 15) is 18.7 Å². The molecule has 2 aliphatic rings. The van der Waals surface area contributed by atoms with E-state index < -0.39 is 25.4 Å². The summed E-state index contributed by atoms with van der Waals surface area (Å²) in [7, 11) is 0. The van der Waals surface area contributed by atoms with Gasteiger partial charge in [-0.05, 0) is 54.7 Å². The minimum Gasteiger partial charge on any atom is -0.483 e. The van der Waals surface area contributed by atoms with Crippen molar-refractivity contribution in [3.63, 3.8) is 0 Å². The maximum atomic E-state index is 12.7. The monoisotopic (exact) mass is 503 g/mol. The normalized spacial score (nSPS) is 19.9. The molecule has 35 heavy (non-hydrogen) atoms. The van der Waals surface area contributed by atoms with Gasteiger partial charge in [-0.2, -0.15) is 4.98 Å². The molecule has 2 atom stereocenters. The maximum Gasteiger partial charge on any atom is 0.306 e. The number of fused-ring (bicyclic) bond motifs is 1. The Kier molecular flexibility index (Phi) is 6.71. The molecule has 5 rings (SSSR count). The van der Waals surface area contributed by atoms with Crippen LogP contribution in [0.3, 0.4) is 0 Å². The molecule has 1 aromatic heterocycles. The zero-order valence-corrected chi connectivity index (χ0v) is 19.5. The van der Waals surface area contributed by atoms with Crippen LogP contribution in [0, 0.1) is 5.92 Å². The first kappa shape index (κ1) is 23.7. The van der Waals surface area contributed by atoms with Crippen molar-refractivity contribution in [1.82, 2.24) is 15.0 Å². The largest absolute Gasteiger partial charge is 0.483 e. The van der Waals surface area contributed by atoms with E-state index in [-0.39, 0.29) is 28.6 Å². The van der Waals surface area contributed by atoms with E-state index in [1.807, 2.05) is 12.1 Å². The van der Waals surface area contributed by atoms with Gasteiger partial charge in [0, 0.05) is 30.3 Å². The predicted molar refractivity (Wildman–Crippen MR) is 125 cm³/mol. The number of halogens is 3. The lowest BCUT2D eigenvalue weighted by molar-refractivity contribution is -0.141. The Morgan fingerprint density at radius 3 is 2.63 bits per heavy atom. The van der Waals surface area contributed by atoms with Crippen LogP contribution in [-0.2, 0) is 17.9 Å². The summed E-state index contributed by atoms with van der Waals surface area (Å²) in [5, 5.41) is 13.6. The standard InChI is InChI=1S/C25H24ClF2N3O4/c26-21-9-15(4-6-22(21)34-20(10-27)11-28)24-29-23(30-35-24)14-1-2-17-12-31(13-18(17)7-14)19-5-3-16(8-19)25(32)33/h1-2,4,6-7,9,16,19-20H,3,5,8,10-13H2,(H,32,33). The number of hydrogen-bond donors (Lipinski definition) is 1. The lowest BCUT2D eigenvalue weighted by Gasteiger charge is -2.23. The van der Waals surface area contributed by atoms with Crippen molar-refractivity contribution in [3.8, 4) is 28.6 Å². The summed E-state index contributed by atoms with van der Waals surface area (Å²) in [4.78, 5) is 18.1. The van der Waals surface area contributed by atoms with Gasteiger partial charge in [-0.1, -0.05) is 28.9 Å². The number of rotatable bonds is 8. The van der Waals surface area contributed by atoms with Gasteiger partial charge >= 0.3 is 5.97 Å². The van der Waals surface area contributed by atoms with Crippen LogP contribution in [0.4, 0.5) is 8.78 Å². The predicted octanol–water partition coefficient (Wildman–Crippen LogP) is 5.31. The fraction of sp³-hybridized carbons (Fsp3) is 0.400. The highest BCUT2D eigenvalue weighted by atomic mass is 35.5. The Hall–Kier alpha value is -3.04. The molecule has 2 unspecified atom stereocenters. The van der Waals surface area contributed by atoms with Gasteiger partial charge < -0.3 is 14.4 Å². The van der Waals surface area contributed by atoms with Crippen molar-refractivity contribution in [2.24, 2.45) is 5.92 Å². The molecule has 1 aliphatic heterocycles. The first-order valence-corrected chi connectivity index (χ1v) is 11.8. The topological polar surface area (TPSA) is 88.7 Å². The molecule has 0 radical (unpaired) electrons. The smallest absolute Gasteiger partial charge is 0.306 e. The number of hydrogen-bond acceptors (Lipinski definition) is 6. The Morgan fingerprint density at radius 2 is 1.91 bits per heavy atom. The molecule has 0 amide bonds. The van der Waals surface area contributed by atoms with Gasteiger partial charge in [0.1, 0.15) is 19.1 Å². The zero-order valence-electron chi connectivity index (χ0n) is 18.8. The molecule has 0 saturated heterocycles. The SMILES string of the molecule is O=C(O)C1CCC(N2Cc3ccc(-c4noc(-c5ccc(OC(CF)CF)c(Cl)c5)n4)cc3C2)C1. The molecular weight excluding hydrogens is 480 g/mol. The number of carbonyl (C=O) groups is 1. The molecular formula is C25H24ClF2N3O4. The molecule has 3 aromatic rings. The summed E-state index contributed by atoms with van der Waals surface area (Å²) in [6.45, 7) is -0.337. The molecule has 10 heteroatoms. The van der Waals surface area contributed by atoms with Crippen molar-refractivity contribution in [2.45, 2.75) is 44.5 Å². The van der Waals surface area contributed by atoms with E-state index in [2.05, 4.69) is 21.1 Å². The summed E-state index contributed by atoms with van der Waals surface area (Å²) < 4.78 is 36.2. The third-order valence-corrected chi connectivity index (χ3v) is 7.02. The van der Waals surface area contributed by atoms with Crippen LogP contribution in [-0.4, -0.2) is 51.6 Å². The highest BCUT2D eigenvalue weighted by Gasteiger charge is 2.35. The van der Waals surface area contributed by atoms with Crippen molar-refractivity contribution >= 4 is 17.6 Å². The fourth-order valence-electron chi connectivity index (χ4n) is 4.80. The number of nitrogens with zero attached hydrogens (tertiary/aromatic N) is 3. The second-order valence-electron chi connectivity index (χ2n) is 9.01. The van der Waals surface area contributed by atoms with E-state index in [1.165, 1.54) is 17.2 Å². The number of aromatic nitrogens is 2. The molecule has 184 valence electrons. The maximum absolute atomic E-state index is 12.7. The van der Waals surface area contributed by atoms with Crippen LogP contribution < -0.4 is 4.74 Å². The highest BCUT2D eigenvalue weighted by Crippen LogP contribution is 2.36. The Bertz CT molecular complexity index is 1230. The minimum absolute atomic E-state index is 0.176. The van der Waals surface area contributed by atoms with E-state index in [4.69, 9.17) is 20.9 Å². The van der Waals surface area contributed by atoms with Gasteiger partial charge in [-0.3, -0.25) is 9.69 Å². The molecule has 2 heterocycles. The van der Waals surface area contributed by atoms with Crippen LogP contribution in [0.5, 0.6) is 5.75 Å². The van der Waals surface area contributed by atoms with E-state index in [1.54, 1.807) is 12.1 Å². The third-order valence-electron chi connectivity index (χ3n) is 6.72. The van der Waals surface area contributed by atoms with Crippen LogP contribution in [0.15, 0.2) is 40.9 Å². The summed E-state index contributed by atoms with van der Waals surface area (Å²) >= 11 is 6.22. The minimum atomic E-state index is -1.20. The van der Waals surface area contributed by atoms with Crippen molar-refractivity contribution in [2.75, 3.05) is 13.3 Å². The first-order valence-electron chi connectivity index (χ1n) is 11.5. The van der Waals surface area contributed by atoms with Crippen LogP contribution in [0.1, 0.15) is 30.4 Å². The summed E-state index contributed by atoms with van der Waals surface area (Å²) in [5.41, 5.74) is 3.76. The average molecular weight is 504 g/mol. The number of benzene rings is 2. The van der Waals surface area contributed by atoms with Gasteiger partial charge in [0.05, 0.1) is 10.9 Å². The highest BCUT2D eigenvalue weighted by molar-refractivity contribution is 6.32. The molecule has 7 nitrogen and oxygen atoms in total. The fourth-order valence-corrected chi connectivity index (χ4v) is 5.03. The molecule has 0 spiro atoms. The molecule has 1 fully saturated rings. The molecule has 1 saturated carbocycles.